The molecule has 7 atom stereocenters. The predicted octanol–water partition coefficient (Wildman–Crippen LogP) is 6.50. The molecule has 0 saturated carbocycles. The van der Waals surface area contributed by atoms with E-state index in [0.29, 0.717) is 48.3 Å². The number of aryl methyl sites for hydroxylation is 1. The van der Waals surface area contributed by atoms with Crippen molar-refractivity contribution >= 4 is 11.5 Å². The molecule has 7 unspecified atom stereocenters. The van der Waals surface area contributed by atoms with Crippen molar-refractivity contribution in [3.8, 4) is 5.75 Å². The van der Waals surface area contributed by atoms with Crippen LogP contribution in [-0.4, -0.2) is 46.4 Å². The molecule has 2 saturated heterocycles. The van der Waals surface area contributed by atoms with Gasteiger partial charge in [0, 0.05) is 25.2 Å². The third kappa shape index (κ3) is 6.24. The Bertz CT molecular complexity index is 1120. The van der Waals surface area contributed by atoms with Crippen LogP contribution in [0.3, 0.4) is 0 Å². The van der Waals surface area contributed by atoms with Gasteiger partial charge in [-0.15, -0.1) is 0 Å². The molecule has 38 heavy (non-hydrogen) atoms. The second-order valence-corrected chi connectivity index (χ2v) is 11.6. The summed E-state index contributed by atoms with van der Waals surface area (Å²) in [5.74, 6) is -0.682. The Labute approximate surface area is 227 Å². The molecule has 2 bridgehead atoms. The first-order chi connectivity index (χ1) is 18.0. The Morgan fingerprint density at radius 3 is 2.55 bits per heavy atom. The van der Waals surface area contributed by atoms with E-state index in [4.69, 9.17) is 14.2 Å². The Hall–Kier alpha value is -2.41. The van der Waals surface area contributed by atoms with Crippen molar-refractivity contribution in [3.63, 3.8) is 0 Å². The maximum Gasteiger partial charge on any atom is 0.339 e. The van der Waals surface area contributed by atoms with Gasteiger partial charge in [-0.3, -0.25) is 0 Å². The minimum absolute atomic E-state index is 0.0482. The van der Waals surface area contributed by atoms with Gasteiger partial charge in [0.2, 0.25) is 0 Å². The van der Waals surface area contributed by atoms with Gasteiger partial charge in [-0.05, 0) is 80.4 Å². The SMILES string of the molecule is CCc1cc2c(cc1O)C(C)=CC=CC(C)C(O)C(C)=CCC1CC(CC3(CCC(C)C(C)O3)O1)OC2=O. The van der Waals surface area contributed by atoms with Gasteiger partial charge >= 0.3 is 5.97 Å². The lowest BCUT2D eigenvalue weighted by molar-refractivity contribution is -0.331. The number of rotatable bonds is 1. The van der Waals surface area contributed by atoms with Crippen LogP contribution in [0.1, 0.15) is 95.1 Å². The van der Waals surface area contributed by atoms with E-state index in [9.17, 15) is 15.0 Å². The van der Waals surface area contributed by atoms with Gasteiger partial charge in [0.25, 0.3) is 0 Å². The van der Waals surface area contributed by atoms with Crippen molar-refractivity contribution in [1.82, 2.24) is 0 Å². The number of carbonyl (C=O) groups is 1. The number of esters is 1. The Balaban J connectivity index is 1.76. The van der Waals surface area contributed by atoms with E-state index in [2.05, 4.69) is 13.8 Å². The fraction of sp³-hybridized carbons (Fsp3) is 0.594. The van der Waals surface area contributed by atoms with Gasteiger partial charge in [0.1, 0.15) is 11.9 Å². The fourth-order valence-electron chi connectivity index (χ4n) is 5.84. The van der Waals surface area contributed by atoms with Crippen LogP contribution in [-0.2, 0) is 20.6 Å². The number of aliphatic hydroxyl groups excluding tert-OH is 1. The van der Waals surface area contributed by atoms with E-state index >= 15 is 0 Å². The molecule has 1 aromatic carbocycles. The Morgan fingerprint density at radius 2 is 1.84 bits per heavy atom. The first kappa shape index (κ1) is 28.6. The third-order valence-electron chi connectivity index (χ3n) is 8.57. The molecular formula is C32H44O6. The molecule has 3 aliphatic rings. The summed E-state index contributed by atoms with van der Waals surface area (Å²) in [6.07, 6.45) is 10.6. The summed E-state index contributed by atoms with van der Waals surface area (Å²) in [6, 6.07) is 3.41. The number of hydrogen-bond donors (Lipinski definition) is 2. The molecule has 208 valence electrons. The predicted molar refractivity (Wildman–Crippen MR) is 149 cm³/mol. The molecule has 0 amide bonds. The van der Waals surface area contributed by atoms with Gasteiger partial charge in [-0.25, -0.2) is 4.79 Å². The summed E-state index contributed by atoms with van der Waals surface area (Å²) in [6.45, 7) is 12.1. The number of carbonyl (C=O) groups excluding carboxylic acids is 1. The highest BCUT2D eigenvalue weighted by molar-refractivity contribution is 5.96. The van der Waals surface area contributed by atoms with Gasteiger partial charge in [0.05, 0.1) is 23.9 Å². The maximum atomic E-state index is 13.7. The van der Waals surface area contributed by atoms with Crippen LogP contribution in [0.5, 0.6) is 5.75 Å². The minimum Gasteiger partial charge on any atom is -0.508 e. The lowest BCUT2D eigenvalue weighted by atomic mass is 9.86. The van der Waals surface area contributed by atoms with Crippen molar-refractivity contribution in [2.45, 2.75) is 110 Å². The summed E-state index contributed by atoms with van der Waals surface area (Å²) in [5, 5.41) is 21.5. The number of aliphatic hydroxyl groups is 1. The topological polar surface area (TPSA) is 85.2 Å². The van der Waals surface area contributed by atoms with Crippen molar-refractivity contribution in [1.29, 1.82) is 0 Å². The molecule has 1 aromatic rings. The first-order valence-corrected chi connectivity index (χ1v) is 14.1. The molecule has 4 rings (SSSR count). The highest BCUT2D eigenvalue weighted by atomic mass is 16.7. The Morgan fingerprint density at radius 1 is 1.08 bits per heavy atom. The van der Waals surface area contributed by atoms with Gasteiger partial charge in [-0.2, -0.15) is 0 Å². The van der Waals surface area contributed by atoms with Crippen molar-refractivity contribution in [2.75, 3.05) is 0 Å². The molecule has 1 spiro atoms. The number of ether oxygens (including phenoxy) is 3. The second kappa shape index (κ2) is 11.8. The van der Waals surface area contributed by atoms with E-state index < -0.39 is 17.9 Å². The monoisotopic (exact) mass is 524 g/mol. The molecule has 0 aliphatic carbocycles. The second-order valence-electron chi connectivity index (χ2n) is 11.6. The van der Waals surface area contributed by atoms with Gasteiger partial charge in [-0.1, -0.05) is 45.1 Å². The van der Waals surface area contributed by atoms with Crippen LogP contribution in [0.25, 0.3) is 5.57 Å². The number of hydrogen-bond acceptors (Lipinski definition) is 6. The first-order valence-electron chi connectivity index (χ1n) is 14.1. The lowest BCUT2D eigenvalue weighted by Crippen LogP contribution is -2.53. The smallest absolute Gasteiger partial charge is 0.339 e. The van der Waals surface area contributed by atoms with Crippen LogP contribution in [0.4, 0.5) is 0 Å². The highest BCUT2D eigenvalue weighted by Crippen LogP contribution is 2.43. The van der Waals surface area contributed by atoms with E-state index in [1.807, 2.05) is 52.0 Å². The quantitative estimate of drug-likeness (QED) is 0.322. The summed E-state index contributed by atoms with van der Waals surface area (Å²) in [4.78, 5) is 13.7. The van der Waals surface area contributed by atoms with E-state index in [-0.39, 0.29) is 30.0 Å². The average Bonchev–Trinajstić information content (AvgIpc) is 2.88. The minimum atomic E-state index is -0.788. The molecule has 2 fully saturated rings. The molecular weight excluding hydrogens is 480 g/mol. The number of phenols is 1. The molecule has 3 aliphatic heterocycles. The largest absolute Gasteiger partial charge is 0.508 e. The van der Waals surface area contributed by atoms with Crippen molar-refractivity contribution in [2.24, 2.45) is 11.8 Å². The zero-order valence-corrected chi connectivity index (χ0v) is 23.7. The fourth-order valence-corrected chi connectivity index (χ4v) is 5.84. The van der Waals surface area contributed by atoms with Gasteiger partial charge < -0.3 is 24.4 Å². The maximum absolute atomic E-state index is 13.7. The normalized spacial score (nSPS) is 34.8. The van der Waals surface area contributed by atoms with Crippen LogP contribution in [0.2, 0.25) is 0 Å². The molecule has 0 radical (unpaired) electrons. The number of phenolic OH excluding ortho intramolecular Hbond substituents is 1. The number of fused-ring (bicyclic) bond motifs is 3. The number of aromatic hydroxyl groups is 1. The Kier molecular flexibility index (Phi) is 8.85. The molecule has 0 aromatic heterocycles. The zero-order valence-electron chi connectivity index (χ0n) is 23.7. The van der Waals surface area contributed by atoms with Crippen LogP contribution < -0.4 is 0 Å². The summed E-state index contributed by atoms with van der Waals surface area (Å²) in [7, 11) is 0. The zero-order chi connectivity index (χ0) is 27.6. The summed E-state index contributed by atoms with van der Waals surface area (Å²) >= 11 is 0. The molecule has 2 N–H and O–H groups in total. The molecule has 6 heteroatoms. The van der Waals surface area contributed by atoms with Crippen molar-refractivity contribution < 1.29 is 29.2 Å². The summed E-state index contributed by atoms with van der Waals surface area (Å²) in [5.41, 5.74) is 3.50. The number of allylic oxidation sites excluding steroid dienone is 3. The average molecular weight is 525 g/mol. The van der Waals surface area contributed by atoms with Gasteiger partial charge in [0.15, 0.2) is 5.79 Å². The molecule has 3 heterocycles. The van der Waals surface area contributed by atoms with E-state index in [0.717, 1.165) is 24.0 Å². The van der Waals surface area contributed by atoms with Crippen LogP contribution in [0, 0.1) is 11.8 Å². The third-order valence-corrected chi connectivity index (χ3v) is 8.57. The highest BCUT2D eigenvalue weighted by Gasteiger charge is 2.47. The lowest BCUT2D eigenvalue weighted by Gasteiger charge is -2.49. The van der Waals surface area contributed by atoms with E-state index in [1.54, 1.807) is 12.1 Å². The molecule has 6 nitrogen and oxygen atoms in total. The van der Waals surface area contributed by atoms with Crippen LogP contribution in [0.15, 0.2) is 42.0 Å². The van der Waals surface area contributed by atoms with Crippen molar-refractivity contribution in [3.05, 3.63) is 58.7 Å². The number of benzene rings is 1. The standard InChI is InChI=1S/C32H44O6/c1-7-24-15-28-27(17-29(24)33)20(3)9-8-10-21(4)30(34)22(5)11-12-25-16-26(36-31(28)35)18-32(38-25)14-13-19(2)23(6)37-32/h8-11,15,17,19,21,23,25-26,30,33-34H,7,12-14,16,18H2,1-6H3. The van der Waals surface area contributed by atoms with Crippen LogP contribution >= 0.6 is 0 Å². The van der Waals surface area contributed by atoms with E-state index in [1.165, 1.54) is 0 Å². The summed E-state index contributed by atoms with van der Waals surface area (Å²) < 4.78 is 19.3.